The van der Waals surface area contributed by atoms with Crippen LogP contribution in [-0.2, 0) is 4.79 Å². The number of allylic oxidation sites excluding steroid dienone is 1. The van der Waals surface area contributed by atoms with E-state index in [1.807, 2.05) is 6.07 Å². The summed E-state index contributed by atoms with van der Waals surface area (Å²) in [4.78, 5) is 23.0. The minimum atomic E-state index is -0.521. The van der Waals surface area contributed by atoms with E-state index in [2.05, 4.69) is 0 Å². The average molecular weight is 224 g/mol. The lowest BCUT2D eigenvalue weighted by molar-refractivity contribution is -0.110. The van der Waals surface area contributed by atoms with Crippen LogP contribution in [0.4, 0.5) is 0 Å². The number of phenols is 1. The quantitative estimate of drug-likeness (QED) is 0.699. The van der Waals surface area contributed by atoms with Gasteiger partial charge in [-0.3, -0.25) is 9.59 Å². The van der Waals surface area contributed by atoms with E-state index in [-0.39, 0.29) is 5.75 Å². The maximum absolute atomic E-state index is 11.7. The van der Waals surface area contributed by atoms with E-state index in [4.69, 9.17) is 0 Å². The van der Waals surface area contributed by atoms with Gasteiger partial charge in [0.05, 0.1) is 0 Å². The number of fused-ring (bicyclic) bond motifs is 2. The fourth-order valence-electron chi connectivity index (χ4n) is 2.03. The van der Waals surface area contributed by atoms with Crippen LogP contribution in [0.5, 0.6) is 5.75 Å². The highest BCUT2D eigenvalue weighted by Gasteiger charge is 2.21. The number of hydrogen-bond donors (Lipinski definition) is 1. The highest BCUT2D eigenvalue weighted by atomic mass is 16.3. The monoisotopic (exact) mass is 224 g/mol. The highest BCUT2D eigenvalue weighted by molar-refractivity contribution is 6.50. The lowest BCUT2D eigenvalue weighted by Gasteiger charge is -2.10. The van der Waals surface area contributed by atoms with Crippen LogP contribution >= 0.6 is 0 Å². The van der Waals surface area contributed by atoms with E-state index >= 15 is 0 Å². The van der Waals surface area contributed by atoms with Gasteiger partial charge in [0, 0.05) is 10.9 Å². The van der Waals surface area contributed by atoms with Crippen LogP contribution in [-0.4, -0.2) is 16.7 Å². The number of carbonyl (C=O) groups excluding carboxylic acids is 2. The number of carbonyl (C=O) groups is 2. The standard InChI is InChI=1S/C14H8O3/c15-12-3-1-2-8-6-9-4-5-13(16)14(17)11(9)7-10(8)12/h1-7,15H. The van der Waals surface area contributed by atoms with Gasteiger partial charge in [0.25, 0.3) is 0 Å². The normalized spacial score (nSPS) is 14.1. The predicted molar refractivity (Wildman–Crippen MR) is 64.0 cm³/mol. The molecule has 3 nitrogen and oxygen atoms in total. The molecule has 0 atom stereocenters. The lowest BCUT2D eigenvalue weighted by atomic mass is 9.92. The molecule has 0 aromatic heterocycles. The van der Waals surface area contributed by atoms with Crippen molar-refractivity contribution in [2.75, 3.05) is 0 Å². The predicted octanol–water partition coefficient (Wildman–Crippen LogP) is 2.32. The summed E-state index contributed by atoms with van der Waals surface area (Å²) in [5.74, 6) is -0.931. The largest absolute Gasteiger partial charge is 0.507 e. The van der Waals surface area contributed by atoms with Crippen molar-refractivity contribution in [3.63, 3.8) is 0 Å². The van der Waals surface area contributed by atoms with Gasteiger partial charge in [0.15, 0.2) is 0 Å². The van der Waals surface area contributed by atoms with Crippen molar-refractivity contribution < 1.29 is 14.7 Å². The Morgan fingerprint density at radius 1 is 1.00 bits per heavy atom. The Morgan fingerprint density at radius 3 is 2.65 bits per heavy atom. The number of hydrogen-bond acceptors (Lipinski definition) is 3. The minimum Gasteiger partial charge on any atom is -0.507 e. The molecule has 2 aromatic rings. The summed E-state index contributed by atoms with van der Waals surface area (Å²) in [6.07, 6.45) is 2.90. The summed E-state index contributed by atoms with van der Waals surface area (Å²) in [7, 11) is 0. The Hall–Kier alpha value is -2.42. The van der Waals surface area contributed by atoms with Gasteiger partial charge in [-0.25, -0.2) is 0 Å². The third kappa shape index (κ3) is 1.36. The van der Waals surface area contributed by atoms with Gasteiger partial charge in [-0.15, -0.1) is 0 Å². The molecule has 1 aliphatic carbocycles. The molecule has 0 spiro atoms. The van der Waals surface area contributed by atoms with E-state index in [0.29, 0.717) is 16.5 Å². The third-order valence-electron chi connectivity index (χ3n) is 2.91. The first-order valence-electron chi connectivity index (χ1n) is 5.19. The average Bonchev–Trinajstić information content (AvgIpc) is 2.33. The van der Waals surface area contributed by atoms with Crippen molar-refractivity contribution in [3.05, 3.63) is 47.5 Å². The summed E-state index contributed by atoms with van der Waals surface area (Å²) in [6.45, 7) is 0. The summed E-state index contributed by atoms with van der Waals surface area (Å²) in [5.41, 5.74) is 1.07. The van der Waals surface area contributed by atoms with Crippen molar-refractivity contribution in [3.8, 4) is 5.75 Å². The van der Waals surface area contributed by atoms with Crippen LogP contribution in [0, 0.1) is 0 Å². The minimum absolute atomic E-state index is 0.111. The molecule has 0 unspecified atom stereocenters. The zero-order chi connectivity index (χ0) is 12.0. The number of aromatic hydroxyl groups is 1. The van der Waals surface area contributed by atoms with Gasteiger partial charge in [-0.1, -0.05) is 18.2 Å². The number of phenolic OH excluding ortho intramolecular Hbond substituents is 1. The first kappa shape index (κ1) is 9.78. The maximum Gasteiger partial charge on any atom is 0.233 e. The number of ketones is 2. The molecule has 0 saturated heterocycles. The zero-order valence-electron chi connectivity index (χ0n) is 8.81. The first-order chi connectivity index (χ1) is 8.16. The molecule has 0 fully saturated rings. The van der Waals surface area contributed by atoms with Crippen molar-refractivity contribution in [2.24, 2.45) is 0 Å². The molecule has 17 heavy (non-hydrogen) atoms. The molecule has 3 heteroatoms. The van der Waals surface area contributed by atoms with Crippen LogP contribution in [0.15, 0.2) is 36.4 Å². The van der Waals surface area contributed by atoms with E-state index in [0.717, 1.165) is 5.39 Å². The zero-order valence-corrected chi connectivity index (χ0v) is 8.81. The Balaban J connectivity index is 2.40. The number of Topliss-reactive ketones (excluding diaryl/α,β-unsaturated/α-hetero) is 1. The van der Waals surface area contributed by atoms with Crippen LogP contribution in [0.2, 0.25) is 0 Å². The SMILES string of the molecule is O=C1C=Cc2cc3cccc(O)c3cc2C1=O. The van der Waals surface area contributed by atoms with Gasteiger partial charge in [0.2, 0.25) is 11.6 Å². The molecular weight excluding hydrogens is 216 g/mol. The molecule has 82 valence electrons. The van der Waals surface area contributed by atoms with Gasteiger partial charge in [0.1, 0.15) is 5.75 Å². The summed E-state index contributed by atoms with van der Waals surface area (Å²) >= 11 is 0. The van der Waals surface area contributed by atoms with Crippen molar-refractivity contribution >= 4 is 28.4 Å². The number of benzene rings is 2. The topological polar surface area (TPSA) is 54.4 Å². The summed E-state index contributed by atoms with van der Waals surface area (Å²) in [5, 5.41) is 11.1. The van der Waals surface area contributed by atoms with Gasteiger partial charge in [-0.05, 0) is 35.2 Å². The van der Waals surface area contributed by atoms with E-state index < -0.39 is 11.6 Å². The molecule has 1 N–H and O–H groups in total. The Morgan fingerprint density at radius 2 is 1.82 bits per heavy atom. The van der Waals surface area contributed by atoms with E-state index in [1.165, 1.54) is 6.08 Å². The fourth-order valence-corrected chi connectivity index (χ4v) is 2.03. The molecule has 0 radical (unpaired) electrons. The first-order valence-corrected chi connectivity index (χ1v) is 5.19. The molecule has 0 saturated carbocycles. The molecule has 0 bridgehead atoms. The van der Waals surface area contributed by atoms with Gasteiger partial charge in [-0.2, -0.15) is 0 Å². The fraction of sp³-hybridized carbons (Fsp3) is 0. The van der Waals surface area contributed by atoms with Crippen molar-refractivity contribution in [1.29, 1.82) is 0 Å². The summed E-state index contributed by atoms with van der Waals surface area (Å²) < 4.78 is 0. The second-order valence-electron chi connectivity index (χ2n) is 3.96. The molecule has 0 aliphatic heterocycles. The molecule has 0 heterocycles. The smallest absolute Gasteiger partial charge is 0.233 e. The molecular formula is C14H8O3. The van der Waals surface area contributed by atoms with Crippen LogP contribution in [0.3, 0.4) is 0 Å². The summed E-state index contributed by atoms with van der Waals surface area (Å²) in [6, 6.07) is 8.52. The Kier molecular flexibility index (Phi) is 1.89. The van der Waals surface area contributed by atoms with Crippen molar-refractivity contribution in [1.82, 2.24) is 0 Å². The Labute approximate surface area is 97.0 Å². The van der Waals surface area contributed by atoms with E-state index in [9.17, 15) is 14.7 Å². The van der Waals surface area contributed by atoms with Crippen LogP contribution < -0.4 is 0 Å². The molecule has 0 amide bonds. The number of rotatable bonds is 0. The van der Waals surface area contributed by atoms with Crippen LogP contribution in [0.25, 0.3) is 16.8 Å². The second-order valence-corrected chi connectivity index (χ2v) is 3.96. The Bertz CT molecular complexity index is 696. The second kappa shape index (κ2) is 3.28. The highest BCUT2D eigenvalue weighted by Crippen LogP contribution is 2.29. The molecule has 3 rings (SSSR count). The third-order valence-corrected chi connectivity index (χ3v) is 2.91. The van der Waals surface area contributed by atoms with E-state index in [1.54, 1.807) is 30.3 Å². The van der Waals surface area contributed by atoms with Crippen molar-refractivity contribution in [2.45, 2.75) is 0 Å². The maximum atomic E-state index is 11.7. The van der Waals surface area contributed by atoms with Gasteiger partial charge < -0.3 is 5.11 Å². The van der Waals surface area contributed by atoms with Crippen LogP contribution in [0.1, 0.15) is 15.9 Å². The molecule has 1 aliphatic rings. The molecule has 2 aromatic carbocycles. The van der Waals surface area contributed by atoms with Gasteiger partial charge >= 0.3 is 0 Å². The lowest BCUT2D eigenvalue weighted by Crippen LogP contribution is -2.15.